The summed E-state index contributed by atoms with van der Waals surface area (Å²) in [7, 11) is 0. The molecule has 0 saturated heterocycles. The molecule has 0 unspecified atom stereocenters. The first-order chi connectivity index (χ1) is 7.75. The minimum absolute atomic E-state index is 0.537. The highest BCUT2D eigenvalue weighted by atomic mass is 15.0. The fourth-order valence-electron chi connectivity index (χ4n) is 1.54. The number of hydrogen-bond donors (Lipinski definition) is 2. The third kappa shape index (κ3) is 2.51. The minimum atomic E-state index is 0.537. The second-order valence-electron chi connectivity index (χ2n) is 3.73. The van der Waals surface area contributed by atoms with E-state index in [1.165, 1.54) is 11.1 Å². The van der Waals surface area contributed by atoms with Crippen LogP contribution >= 0.6 is 0 Å². The van der Waals surface area contributed by atoms with Crippen LogP contribution in [-0.2, 0) is 6.54 Å². The fourth-order valence-corrected chi connectivity index (χ4v) is 1.54. The van der Waals surface area contributed by atoms with Crippen molar-refractivity contribution in [2.45, 2.75) is 13.5 Å². The lowest BCUT2D eigenvalue weighted by Crippen LogP contribution is -2.03. The normalized spacial score (nSPS) is 10.1. The van der Waals surface area contributed by atoms with Crippen molar-refractivity contribution in [3.8, 4) is 0 Å². The predicted octanol–water partition coefficient (Wildman–Crippen LogP) is 2.58. The Morgan fingerprint density at radius 2 is 1.94 bits per heavy atom. The SMILES string of the molecule is Cc1ccccc1CNc1cccc(N)n1. The van der Waals surface area contributed by atoms with E-state index in [0.717, 1.165) is 12.4 Å². The molecule has 0 aliphatic carbocycles. The van der Waals surface area contributed by atoms with Crippen molar-refractivity contribution in [1.82, 2.24) is 4.98 Å². The van der Waals surface area contributed by atoms with Crippen molar-refractivity contribution < 1.29 is 0 Å². The molecule has 2 rings (SSSR count). The summed E-state index contributed by atoms with van der Waals surface area (Å²) in [6, 6.07) is 13.9. The first-order valence-corrected chi connectivity index (χ1v) is 5.26. The molecule has 82 valence electrons. The lowest BCUT2D eigenvalue weighted by atomic mass is 10.1. The highest BCUT2D eigenvalue weighted by Crippen LogP contribution is 2.11. The summed E-state index contributed by atoms with van der Waals surface area (Å²) < 4.78 is 0. The Morgan fingerprint density at radius 3 is 2.69 bits per heavy atom. The van der Waals surface area contributed by atoms with Gasteiger partial charge in [-0.1, -0.05) is 30.3 Å². The van der Waals surface area contributed by atoms with Gasteiger partial charge in [0.2, 0.25) is 0 Å². The Labute approximate surface area is 95.3 Å². The van der Waals surface area contributed by atoms with Crippen LogP contribution in [0.25, 0.3) is 0 Å². The molecule has 3 heteroatoms. The minimum Gasteiger partial charge on any atom is -0.384 e. The van der Waals surface area contributed by atoms with E-state index in [4.69, 9.17) is 5.73 Å². The van der Waals surface area contributed by atoms with Crippen molar-refractivity contribution >= 4 is 11.6 Å². The monoisotopic (exact) mass is 213 g/mol. The van der Waals surface area contributed by atoms with Crippen molar-refractivity contribution in [3.63, 3.8) is 0 Å². The van der Waals surface area contributed by atoms with Gasteiger partial charge in [-0.05, 0) is 30.2 Å². The molecule has 0 aliphatic heterocycles. The number of hydrogen-bond acceptors (Lipinski definition) is 3. The van der Waals surface area contributed by atoms with Crippen LogP contribution in [0.1, 0.15) is 11.1 Å². The number of aryl methyl sites for hydroxylation is 1. The molecule has 0 amide bonds. The van der Waals surface area contributed by atoms with Crippen molar-refractivity contribution in [2.24, 2.45) is 0 Å². The number of nitrogen functional groups attached to an aromatic ring is 1. The predicted molar refractivity (Wildman–Crippen MR) is 67.2 cm³/mol. The zero-order valence-electron chi connectivity index (χ0n) is 9.27. The van der Waals surface area contributed by atoms with Gasteiger partial charge in [-0.3, -0.25) is 0 Å². The van der Waals surface area contributed by atoms with Crippen LogP contribution in [0.15, 0.2) is 42.5 Å². The molecular formula is C13H15N3. The van der Waals surface area contributed by atoms with Crippen LogP contribution in [0.2, 0.25) is 0 Å². The maximum Gasteiger partial charge on any atom is 0.128 e. The molecule has 0 fully saturated rings. The van der Waals surface area contributed by atoms with Gasteiger partial charge in [0.05, 0.1) is 0 Å². The molecule has 3 nitrogen and oxygen atoms in total. The van der Waals surface area contributed by atoms with E-state index in [1.807, 2.05) is 24.3 Å². The third-order valence-corrected chi connectivity index (χ3v) is 2.49. The first-order valence-electron chi connectivity index (χ1n) is 5.26. The summed E-state index contributed by atoms with van der Waals surface area (Å²) >= 11 is 0. The van der Waals surface area contributed by atoms with E-state index in [9.17, 15) is 0 Å². The topological polar surface area (TPSA) is 50.9 Å². The van der Waals surface area contributed by atoms with E-state index >= 15 is 0 Å². The average molecular weight is 213 g/mol. The molecule has 2 aromatic rings. The molecule has 0 spiro atoms. The van der Waals surface area contributed by atoms with E-state index in [1.54, 1.807) is 6.07 Å². The zero-order chi connectivity index (χ0) is 11.4. The van der Waals surface area contributed by atoms with E-state index in [0.29, 0.717) is 5.82 Å². The fraction of sp³-hybridized carbons (Fsp3) is 0.154. The molecule has 1 heterocycles. The van der Waals surface area contributed by atoms with Crippen LogP contribution in [0.3, 0.4) is 0 Å². The average Bonchev–Trinajstić information content (AvgIpc) is 2.28. The van der Waals surface area contributed by atoms with Crippen molar-refractivity contribution in [1.29, 1.82) is 0 Å². The Bertz CT molecular complexity index is 480. The number of aromatic nitrogens is 1. The number of pyridine rings is 1. The number of benzene rings is 1. The van der Waals surface area contributed by atoms with Gasteiger partial charge in [0, 0.05) is 6.54 Å². The lowest BCUT2D eigenvalue weighted by Gasteiger charge is -2.08. The van der Waals surface area contributed by atoms with Crippen LogP contribution in [-0.4, -0.2) is 4.98 Å². The lowest BCUT2D eigenvalue weighted by molar-refractivity contribution is 1.09. The summed E-state index contributed by atoms with van der Waals surface area (Å²) in [5.41, 5.74) is 8.15. The Morgan fingerprint density at radius 1 is 1.12 bits per heavy atom. The number of anilines is 2. The van der Waals surface area contributed by atoms with Crippen LogP contribution in [0.5, 0.6) is 0 Å². The molecule has 0 bridgehead atoms. The molecule has 0 atom stereocenters. The first kappa shape index (κ1) is 10.5. The molecule has 16 heavy (non-hydrogen) atoms. The maximum absolute atomic E-state index is 5.61. The van der Waals surface area contributed by atoms with Gasteiger partial charge in [-0.25, -0.2) is 4.98 Å². The summed E-state index contributed by atoms with van der Waals surface area (Å²) in [4.78, 5) is 4.18. The van der Waals surface area contributed by atoms with E-state index in [-0.39, 0.29) is 0 Å². The van der Waals surface area contributed by atoms with Gasteiger partial charge in [0.1, 0.15) is 11.6 Å². The van der Waals surface area contributed by atoms with Crippen molar-refractivity contribution in [2.75, 3.05) is 11.1 Å². The smallest absolute Gasteiger partial charge is 0.128 e. The Balaban J connectivity index is 2.05. The number of rotatable bonds is 3. The van der Waals surface area contributed by atoms with Gasteiger partial charge in [0.15, 0.2) is 0 Å². The van der Waals surface area contributed by atoms with Gasteiger partial charge in [-0.2, -0.15) is 0 Å². The highest BCUT2D eigenvalue weighted by Gasteiger charge is 1.98. The van der Waals surface area contributed by atoms with Gasteiger partial charge < -0.3 is 11.1 Å². The highest BCUT2D eigenvalue weighted by molar-refractivity contribution is 5.43. The van der Waals surface area contributed by atoms with Crippen molar-refractivity contribution in [3.05, 3.63) is 53.6 Å². The molecule has 1 aromatic carbocycles. The van der Waals surface area contributed by atoms with Crippen LogP contribution < -0.4 is 11.1 Å². The second-order valence-corrected chi connectivity index (χ2v) is 3.73. The molecular weight excluding hydrogens is 198 g/mol. The molecule has 3 N–H and O–H groups in total. The number of nitrogens with zero attached hydrogens (tertiary/aromatic N) is 1. The maximum atomic E-state index is 5.61. The Kier molecular flexibility index (Phi) is 3.05. The molecule has 0 aliphatic rings. The number of nitrogens with one attached hydrogen (secondary N) is 1. The summed E-state index contributed by atoms with van der Waals surface area (Å²) in [6.45, 7) is 2.87. The summed E-state index contributed by atoms with van der Waals surface area (Å²) in [5, 5.41) is 3.25. The molecule has 0 radical (unpaired) electrons. The van der Waals surface area contributed by atoms with Gasteiger partial charge >= 0.3 is 0 Å². The van der Waals surface area contributed by atoms with E-state index in [2.05, 4.69) is 29.4 Å². The standard InChI is InChI=1S/C13H15N3/c1-10-5-2-3-6-11(10)9-15-13-8-4-7-12(14)16-13/h2-8H,9H2,1H3,(H3,14,15,16). The Hall–Kier alpha value is -2.03. The van der Waals surface area contributed by atoms with Gasteiger partial charge in [-0.15, -0.1) is 0 Å². The second kappa shape index (κ2) is 4.66. The number of nitrogens with two attached hydrogens (primary N) is 1. The van der Waals surface area contributed by atoms with E-state index < -0.39 is 0 Å². The molecule has 0 saturated carbocycles. The molecule has 1 aromatic heterocycles. The third-order valence-electron chi connectivity index (χ3n) is 2.49. The zero-order valence-corrected chi connectivity index (χ0v) is 9.27. The summed E-state index contributed by atoms with van der Waals surface area (Å²) in [5.74, 6) is 1.35. The quantitative estimate of drug-likeness (QED) is 0.824. The van der Waals surface area contributed by atoms with Gasteiger partial charge in [0.25, 0.3) is 0 Å². The van der Waals surface area contributed by atoms with Crippen LogP contribution in [0, 0.1) is 6.92 Å². The largest absolute Gasteiger partial charge is 0.384 e. The summed E-state index contributed by atoms with van der Waals surface area (Å²) in [6.07, 6.45) is 0. The van der Waals surface area contributed by atoms with Crippen LogP contribution in [0.4, 0.5) is 11.6 Å².